The molecule has 0 saturated heterocycles. The highest BCUT2D eigenvalue weighted by Crippen LogP contribution is 2.56. The van der Waals surface area contributed by atoms with Crippen LogP contribution in [0.15, 0.2) is 133 Å². The summed E-state index contributed by atoms with van der Waals surface area (Å²) in [5.41, 5.74) is 9.25. The molecule has 102 heavy (non-hydrogen) atoms. The molecule has 12 rings (SSSR count). The molecule has 12 aromatic rings. The maximum atomic E-state index is 14.3. The van der Waals surface area contributed by atoms with Crippen molar-refractivity contribution >= 4 is 90.9 Å². The Labute approximate surface area is 610 Å². The number of hydrogen-bond acceptors (Lipinski definition) is 10. The van der Waals surface area contributed by atoms with Crippen LogP contribution in [0.4, 0.5) is 52.7 Å². The number of aromatic nitrogens is 4. The van der Waals surface area contributed by atoms with E-state index in [1.54, 1.807) is 0 Å². The van der Waals surface area contributed by atoms with Crippen molar-refractivity contribution in [1.29, 1.82) is 0 Å². The molecule has 6 aromatic heterocycles. The van der Waals surface area contributed by atoms with Gasteiger partial charge in [-0.15, -0.1) is 45.3 Å². The third kappa shape index (κ3) is 16.7. The minimum Gasteiger partial charge on any atom is -0.172 e. The van der Waals surface area contributed by atoms with Crippen LogP contribution < -0.4 is 0 Å². The average Bonchev–Trinajstić information content (AvgIpc) is 1.50. The van der Waals surface area contributed by atoms with E-state index in [9.17, 15) is 52.7 Å². The quantitative estimate of drug-likeness (QED) is 0.0346. The predicted molar refractivity (Wildman–Crippen MR) is 400 cm³/mol. The monoisotopic (exact) mass is 1510 g/mol. The standard InChI is InChI=1S/C80H74F12N4S6/c1-5-9-13-17-21-51-41-63(97-73(51)47-25-33-55(34-26-47)77(81,82)83)61-45-59(67(71-69(61)93-101-95-71)65-43-53(23-19-15-11-7-3)75(99-65)49-29-37-57(38-30-49)79(87,88)89)60-46-62(64-42-52(22-18-14-10-6-2)74(98-64)48-27-35-56(36-28-48)78(84,85)86)70-72(96-102-94-70)68(60)66-44-54(24-20-16-12-8-4)76(100-66)50-31-39-58(40-32-50)80(90,91)92/h25-46H,5-24H2,1-4H3. The Morgan fingerprint density at radius 3 is 0.745 bits per heavy atom. The summed E-state index contributed by atoms with van der Waals surface area (Å²) in [6.45, 7) is 8.50. The first-order valence-electron chi connectivity index (χ1n) is 34.8. The molecule has 0 saturated carbocycles. The molecule has 0 fully saturated rings. The first kappa shape index (κ1) is 74.6. The smallest absolute Gasteiger partial charge is 0.172 e. The Balaban J connectivity index is 1.19. The second-order valence-corrected chi connectivity index (χ2v) is 31.3. The van der Waals surface area contributed by atoms with E-state index in [2.05, 4.69) is 64.1 Å². The van der Waals surface area contributed by atoms with Crippen molar-refractivity contribution < 1.29 is 52.7 Å². The average molecular weight is 1510 g/mol. The van der Waals surface area contributed by atoms with E-state index in [0.717, 1.165) is 236 Å². The van der Waals surface area contributed by atoms with E-state index in [4.69, 9.17) is 17.5 Å². The van der Waals surface area contributed by atoms with Crippen LogP contribution in [0, 0.1) is 0 Å². The SMILES string of the molecule is CCCCCCc1cc(-c2cc(-c3cc(-c4cc(CCCCCC)c(-c5ccc(C(F)(F)F)cc5)s4)c4nsnc4c3-c3cc(CCCCCC)c(-c4ccc(C(F)(F)F)cc4)s3)c(-c3cc(CCCCCC)c(-c4ccc(C(F)(F)F)cc4)s3)c3nsnc23)sc1-c1ccc(C(F)(F)F)cc1. The van der Waals surface area contributed by atoms with Gasteiger partial charge < -0.3 is 0 Å². The lowest BCUT2D eigenvalue weighted by Gasteiger charge is -2.17. The van der Waals surface area contributed by atoms with Gasteiger partial charge in [-0.2, -0.15) is 70.2 Å². The molecule has 0 N–H and O–H groups in total. The number of alkyl halides is 12. The van der Waals surface area contributed by atoms with Crippen molar-refractivity contribution in [2.75, 3.05) is 0 Å². The largest absolute Gasteiger partial charge is 0.416 e. The van der Waals surface area contributed by atoms with E-state index >= 15 is 0 Å². The lowest BCUT2D eigenvalue weighted by molar-refractivity contribution is -0.138. The molecule has 0 unspecified atom stereocenters. The molecule has 0 aliphatic carbocycles. The minimum atomic E-state index is -4.58. The van der Waals surface area contributed by atoms with E-state index in [1.807, 2.05) is 0 Å². The number of thiophene rings is 4. The van der Waals surface area contributed by atoms with Crippen LogP contribution in [0.5, 0.6) is 0 Å². The zero-order chi connectivity index (χ0) is 72.1. The molecule has 0 aliphatic heterocycles. The van der Waals surface area contributed by atoms with Crippen molar-refractivity contribution in [2.24, 2.45) is 0 Å². The molecule has 22 heteroatoms. The van der Waals surface area contributed by atoms with Crippen LogP contribution in [0.1, 0.15) is 175 Å². The van der Waals surface area contributed by atoms with Crippen molar-refractivity contribution in [1.82, 2.24) is 17.5 Å². The number of rotatable bonds is 29. The number of unbranched alkanes of at least 4 members (excludes halogenated alkanes) is 12. The Hall–Kier alpha value is -7.08. The number of fused-ring (bicyclic) bond motifs is 2. The first-order chi connectivity index (χ1) is 48.9. The molecule has 0 aliphatic rings. The summed E-state index contributed by atoms with van der Waals surface area (Å²) in [7, 11) is 0. The fourth-order valence-electron chi connectivity index (χ4n) is 13.3. The highest BCUT2D eigenvalue weighted by molar-refractivity contribution is 7.20. The summed E-state index contributed by atoms with van der Waals surface area (Å²) in [4.78, 5) is 6.20. The summed E-state index contributed by atoms with van der Waals surface area (Å²) < 4.78 is 192. The maximum Gasteiger partial charge on any atom is 0.416 e. The molecule has 0 amide bonds. The number of hydrogen-bond donors (Lipinski definition) is 0. The predicted octanol–water partition coefficient (Wildman–Crippen LogP) is 29.5. The van der Waals surface area contributed by atoms with Gasteiger partial charge >= 0.3 is 24.7 Å². The van der Waals surface area contributed by atoms with E-state index < -0.39 is 47.0 Å². The van der Waals surface area contributed by atoms with Crippen molar-refractivity contribution in [3.63, 3.8) is 0 Å². The Kier molecular flexibility index (Phi) is 23.5. The van der Waals surface area contributed by atoms with Crippen LogP contribution in [0.2, 0.25) is 0 Å². The molecule has 6 aromatic carbocycles. The lowest BCUT2D eigenvalue weighted by Crippen LogP contribution is -2.04. The molecular formula is C80H74F12N4S6. The summed E-state index contributed by atoms with van der Waals surface area (Å²) in [6, 6.07) is 33.6. The third-order valence-corrected chi connectivity index (χ3v) is 24.8. The third-order valence-electron chi connectivity index (χ3n) is 18.7. The van der Waals surface area contributed by atoms with Crippen LogP contribution in [-0.4, -0.2) is 17.5 Å². The van der Waals surface area contributed by atoms with Crippen LogP contribution >= 0.6 is 68.8 Å². The normalized spacial score (nSPS) is 12.5. The van der Waals surface area contributed by atoms with Gasteiger partial charge in [0.25, 0.3) is 0 Å². The van der Waals surface area contributed by atoms with Gasteiger partial charge in [-0.1, -0.05) is 153 Å². The summed E-state index contributed by atoms with van der Waals surface area (Å²) >= 11 is 7.81. The van der Waals surface area contributed by atoms with Crippen LogP contribution in [-0.2, 0) is 50.4 Å². The van der Waals surface area contributed by atoms with Gasteiger partial charge in [0.15, 0.2) is 0 Å². The van der Waals surface area contributed by atoms with Gasteiger partial charge in [0.05, 0.1) is 45.7 Å². The fraction of sp³-hybridized carbons (Fsp3) is 0.350. The van der Waals surface area contributed by atoms with Gasteiger partial charge in [0, 0.05) is 61.3 Å². The second-order valence-electron chi connectivity index (χ2n) is 26.0. The topological polar surface area (TPSA) is 51.6 Å². The number of nitrogens with zero attached hydrogens (tertiary/aromatic N) is 4. The minimum absolute atomic E-state index is 0.520. The van der Waals surface area contributed by atoms with Crippen molar-refractivity contribution in [3.05, 3.63) is 178 Å². The van der Waals surface area contributed by atoms with Crippen LogP contribution in [0.25, 0.3) is 117 Å². The highest BCUT2D eigenvalue weighted by atomic mass is 32.1. The van der Waals surface area contributed by atoms with Gasteiger partial charge in [-0.3, -0.25) is 0 Å². The Morgan fingerprint density at radius 1 is 0.265 bits per heavy atom. The van der Waals surface area contributed by atoms with Gasteiger partial charge in [0.2, 0.25) is 0 Å². The van der Waals surface area contributed by atoms with E-state index in [1.165, 1.54) is 93.9 Å². The second kappa shape index (κ2) is 32.1. The zero-order valence-electron chi connectivity index (χ0n) is 56.6. The summed E-state index contributed by atoms with van der Waals surface area (Å²) in [5, 5.41) is 0. The van der Waals surface area contributed by atoms with Crippen LogP contribution in [0.3, 0.4) is 0 Å². The molecular weight excluding hydrogens is 1440 g/mol. The molecule has 534 valence electrons. The molecule has 0 bridgehead atoms. The van der Waals surface area contributed by atoms with Gasteiger partial charge in [-0.25, -0.2) is 0 Å². The zero-order valence-corrected chi connectivity index (χ0v) is 61.5. The summed E-state index contributed by atoms with van der Waals surface area (Å²) in [5.74, 6) is 0. The number of benzene rings is 6. The van der Waals surface area contributed by atoms with Crippen molar-refractivity contribution in [3.8, 4) is 94.7 Å². The number of halogens is 12. The Bertz CT molecular complexity index is 4510. The number of aryl methyl sites for hydroxylation is 4. The van der Waals surface area contributed by atoms with Gasteiger partial charge in [-0.05, 0) is 192 Å². The molecule has 0 spiro atoms. The Morgan fingerprint density at radius 2 is 0.500 bits per heavy atom. The maximum absolute atomic E-state index is 14.3. The van der Waals surface area contributed by atoms with Gasteiger partial charge in [0.1, 0.15) is 22.1 Å². The van der Waals surface area contributed by atoms with Crippen molar-refractivity contribution in [2.45, 2.75) is 181 Å². The molecule has 0 atom stereocenters. The summed E-state index contributed by atoms with van der Waals surface area (Å²) in [6.07, 6.45) is -0.981. The molecule has 0 radical (unpaired) electrons. The van der Waals surface area contributed by atoms with E-state index in [0.29, 0.717) is 103 Å². The lowest BCUT2D eigenvalue weighted by atomic mass is 9.87. The highest BCUT2D eigenvalue weighted by Gasteiger charge is 2.36. The molecule has 4 nitrogen and oxygen atoms in total. The first-order valence-corrected chi connectivity index (χ1v) is 39.5. The van der Waals surface area contributed by atoms with E-state index in [-0.39, 0.29) is 0 Å². The fourth-order valence-corrected chi connectivity index (χ4v) is 19.5. The molecule has 6 heterocycles.